The van der Waals surface area contributed by atoms with Crippen LogP contribution in [0, 0.1) is 0 Å². The summed E-state index contributed by atoms with van der Waals surface area (Å²) in [6, 6.07) is 0. The Hall–Kier alpha value is -0.160. The molecule has 88 valence electrons. The van der Waals surface area contributed by atoms with E-state index in [9.17, 15) is 0 Å². The third-order valence-corrected chi connectivity index (χ3v) is 3.34. The first-order valence-corrected chi connectivity index (χ1v) is 5.85. The maximum absolute atomic E-state index is 9.10. The van der Waals surface area contributed by atoms with Crippen molar-refractivity contribution in [3.8, 4) is 0 Å². The van der Waals surface area contributed by atoms with Crippen LogP contribution in [0.3, 0.4) is 0 Å². The zero-order chi connectivity index (χ0) is 10.7. The van der Waals surface area contributed by atoms with Crippen LogP contribution in [-0.4, -0.2) is 41.4 Å². The van der Waals surface area contributed by atoms with Crippen molar-refractivity contribution in [2.24, 2.45) is 0 Å². The molecule has 2 heterocycles. The van der Waals surface area contributed by atoms with E-state index in [0.29, 0.717) is 0 Å². The smallest absolute Gasteiger partial charge is 0.169 e. The van der Waals surface area contributed by atoms with E-state index in [1.54, 1.807) is 0 Å². The molecule has 0 radical (unpaired) electrons. The van der Waals surface area contributed by atoms with Crippen LogP contribution in [0.5, 0.6) is 0 Å². The summed E-state index contributed by atoms with van der Waals surface area (Å²) in [6.45, 7) is 0.129. The number of aliphatic hydroxyl groups is 2. The lowest BCUT2D eigenvalue weighted by molar-refractivity contribution is -0.320. The standard InChI is InChI=1S/C11H20O4/c12-7-9-3-1-5-11(14-9)6-2-4-10(8-13)15-11/h9-10,12-13H,1-8H2. The second-order valence-electron chi connectivity index (χ2n) is 4.54. The average molecular weight is 216 g/mol. The zero-order valence-electron chi connectivity index (χ0n) is 9.02. The van der Waals surface area contributed by atoms with Crippen LogP contribution in [0.25, 0.3) is 0 Å². The third kappa shape index (κ3) is 2.50. The van der Waals surface area contributed by atoms with Crippen LogP contribution >= 0.6 is 0 Å². The lowest BCUT2D eigenvalue weighted by Crippen LogP contribution is -2.49. The van der Waals surface area contributed by atoms with E-state index in [1.807, 2.05) is 0 Å². The molecule has 2 aliphatic rings. The second kappa shape index (κ2) is 4.78. The van der Waals surface area contributed by atoms with Gasteiger partial charge < -0.3 is 19.7 Å². The second-order valence-corrected chi connectivity index (χ2v) is 4.54. The van der Waals surface area contributed by atoms with Crippen molar-refractivity contribution in [1.29, 1.82) is 0 Å². The molecule has 0 aromatic carbocycles. The quantitative estimate of drug-likeness (QED) is 0.717. The Balaban J connectivity index is 1.98. The van der Waals surface area contributed by atoms with Gasteiger partial charge in [0.05, 0.1) is 25.4 Å². The van der Waals surface area contributed by atoms with Gasteiger partial charge in [-0.1, -0.05) is 0 Å². The Bertz CT molecular complexity index is 185. The third-order valence-electron chi connectivity index (χ3n) is 3.34. The van der Waals surface area contributed by atoms with Crippen molar-refractivity contribution in [1.82, 2.24) is 0 Å². The lowest BCUT2D eigenvalue weighted by Gasteiger charge is -2.45. The van der Waals surface area contributed by atoms with Gasteiger partial charge in [0.1, 0.15) is 0 Å². The van der Waals surface area contributed by atoms with E-state index >= 15 is 0 Å². The van der Waals surface area contributed by atoms with Crippen LogP contribution in [-0.2, 0) is 9.47 Å². The lowest BCUT2D eigenvalue weighted by atomic mass is 9.93. The molecule has 0 bridgehead atoms. The van der Waals surface area contributed by atoms with Crippen molar-refractivity contribution in [3.05, 3.63) is 0 Å². The molecule has 4 heteroatoms. The summed E-state index contributed by atoms with van der Waals surface area (Å²) < 4.78 is 11.6. The van der Waals surface area contributed by atoms with Gasteiger partial charge in [0, 0.05) is 12.8 Å². The molecule has 0 aromatic rings. The number of hydrogen-bond donors (Lipinski definition) is 2. The number of rotatable bonds is 2. The molecule has 2 N–H and O–H groups in total. The van der Waals surface area contributed by atoms with E-state index in [-0.39, 0.29) is 25.4 Å². The minimum atomic E-state index is -0.517. The van der Waals surface area contributed by atoms with Gasteiger partial charge >= 0.3 is 0 Å². The fourth-order valence-electron chi connectivity index (χ4n) is 2.57. The van der Waals surface area contributed by atoms with E-state index in [0.717, 1.165) is 38.5 Å². The SMILES string of the molecule is OCC1CCCC2(CCCC(CO)O2)O1. The summed E-state index contributed by atoms with van der Waals surface area (Å²) in [5.74, 6) is -0.517. The Morgan fingerprint density at radius 1 is 0.933 bits per heavy atom. The number of hydrogen-bond acceptors (Lipinski definition) is 4. The fraction of sp³-hybridized carbons (Fsp3) is 1.00. The highest BCUT2D eigenvalue weighted by atomic mass is 16.7. The van der Waals surface area contributed by atoms with Crippen molar-refractivity contribution < 1.29 is 19.7 Å². The Morgan fingerprint density at radius 2 is 1.40 bits per heavy atom. The van der Waals surface area contributed by atoms with E-state index in [2.05, 4.69) is 0 Å². The minimum Gasteiger partial charge on any atom is -0.394 e. The predicted octanol–water partition coefficient (Wildman–Crippen LogP) is 0.805. The van der Waals surface area contributed by atoms with E-state index < -0.39 is 5.79 Å². The Labute approximate surface area is 90.2 Å². The number of aliphatic hydroxyl groups excluding tert-OH is 2. The van der Waals surface area contributed by atoms with Crippen LogP contribution < -0.4 is 0 Å². The Kier molecular flexibility index (Phi) is 3.61. The van der Waals surface area contributed by atoms with E-state index in [4.69, 9.17) is 19.7 Å². The van der Waals surface area contributed by atoms with Crippen LogP contribution in [0.4, 0.5) is 0 Å². The van der Waals surface area contributed by atoms with Gasteiger partial charge in [-0.25, -0.2) is 0 Å². The van der Waals surface area contributed by atoms with Crippen molar-refractivity contribution in [2.75, 3.05) is 13.2 Å². The zero-order valence-corrected chi connectivity index (χ0v) is 9.02. The van der Waals surface area contributed by atoms with Crippen molar-refractivity contribution >= 4 is 0 Å². The van der Waals surface area contributed by atoms with Crippen LogP contribution in [0.15, 0.2) is 0 Å². The highest BCUT2D eigenvalue weighted by Crippen LogP contribution is 2.38. The topological polar surface area (TPSA) is 58.9 Å². The monoisotopic (exact) mass is 216 g/mol. The first kappa shape index (κ1) is 11.3. The fourth-order valence-corrected chi connectivity index (χ4v) is 2.57. The van der Waals surface area contributed by atoms with Crippen molar-refractivity contribution in [2.45, 2.75) is 56.5 Å². The maximum atomic E-state index is 9.10. The summed E-state index contributed by atoms with van der Waals surface area (Å²) in [5.41, 5.74) is 0. The number of ether oxygens (including phenoxy) is 2. The molecule has 2 saturated heterocycles. The van der Waals surface area contributed by atoms with Gasteiger partial charge in [0.25, 0.3) is 0 Å². The minimum absolute atomic E-state index is 0.0644. The molecule has 15 heavy (non-hydrogen) atoms. The molecular formula is C11H20O4. The van der Waals surface area contributed by atoms with Gasteiger partial charge in [0.15, 0.2) is 5.79 Å². The van der Waals surface area contributed by atoms with Gasteiger partial charge in [0.2, 0.25) is 0 Å². The maximum Gasteiger partial charge on any atom is 0.169 e. The molecule has 2 rings (SSSR count). The van der Waals surface area contributed by atoms with Gasteiger partial charge in [-0.3, -0.25) is 0 Å². The average Bonchev–Trinajstić information content (AvgIpc) is 2.29. The molecule has 0 aliphatic carbocycles. The normalized spacial score (nSPS) is 42.0. The molecule has 0 aromatic heterocycles. The molecule has 2 fully saturated rings. The summed E-state index contributed by atoms with van der Waals surface area (Å²) in [4.78, 5) is 0. The molecule has 2 aliphatic heterocycles. The first-order chi connectivity index (χ1) is 7.28. The van der Waals surface area contributed by atoms with Gasteiger partial charge in [-0.2, -0.15) is 0 Å². The summed E-state index contributed by atoms with van der Waals surface area (Å²) in [6.07, 6.45) is 5.48. The van der Waals surface area contributed by atoms with Crippen LogP contribution in [0.1, 0.15) is 38.5 Å². The van der Waals surface area contributed by atoms with Gasteiger partial charge in [-0.05, 0) is 25.7 Å². The molecule has 0 saturated carbocycles. The Morgan fingerprint density at radius 3 is 1.80 bits per heavy atom. The highest BCUT2D eigenvalue weighted by Gasteiger charge is 2.42. The summed E-state index contributed by atoms with van der Waals surface area (Å²) in [7, 11) is 0. The van der Waals surface area contributed by atoms with Crippen LogP contribution in [0.2, 0.25) is 0 Å². The summed E-state index contributed by atoms with van der Waals surface area (Å²) >= 11 is 0. The van der Waals surface area contributed by atoms with Gasteiger partial charge in [-0.15, -0.1) is 0 Å². The summed E-state index contributed by atoms with van der Waals surface area (Å²) in [5, 5.41) is 18.2. The van der Waals surface area contributed by atoms with E-state index in [1.165, 1.54) is 0 Å². The highest BCUT2D eigenvalue weighted by molar-refractivity contribution is 4.83. The molecule has 4 nitrogen and oxygen atoms in total. The first-order valence-electron chi connectivity index (χ1n) is 5.85. The molecular weight excluding hydrogens is 196 g/mol. The predicted molar refractivity (Wildman–Crippen MR) is 54.4 cm³/mol. The molecule has 2 atom stereocenters. The molecule has 1 spiro atoms. The largest absolute Gasteiger partial charge is 0.394 e. The van der Waals surface area contributed by atoms with Crippen molar-refractivity contribution in [3.63, 3.8) is 0 Å². The molecule has 0 amide bonds. The molecule has 2 unspecified atom stereocenters.